The third kappa shape index (κ3) is 3.12. The highest BCUT2D eigenvalue weighted by Gasteiger charge is 2.06. The molecular weight excluding hydrogens is 250 g/mol. The van der Waals surface area contributed by atoms with Gasteiger partial charge in [-0.1, -0.05) is 0 Å². The van der Waals surface area contributed by atoms with Gasteiger partial charge in [-0.2, -0.15) is 0 Å². The third-order valence-electron chi connectivity index (χ3n) is 2.48. The Hall–Kier alpha value is -2.76. The summed E-state index contributed by atoms with van der Waals surface area (Å²) in [4.78, 5) is 10.0. The molecule has 0 aliphatic rings. The van der Waals surface area contributed by atoms with Crippen molar-refractivity contribution in [2.24, 2.45) is 0 Å². The summed E-state index contributed by atoms with van der Waals surface area (Å²) < 4.78 is 5.35. The first-order valence-electron chi connectivity index (χ1n) is 5.44. The second kappa shape index (κ2) is 5.26. The van der Waals surface area contributed by atoms with Gasteiger partial charge in [0.15, 0.2) is 11.5 Å². The molecule has 0 aliphatic heterocycles. The average molecular weight is 261 g/mol. The zero-order chi connectivity index (χ0) is 13.8. The maximum atomic E-state index is 10.5. The Morgan fingerprint density at radius 2 is 1.79 bits per heavy atom. The molecule has 0 unspecified atom stereocenters. The molecule has 0 fully saturated rings. The number of ether oxygens (including phenoxy) is 1. The molecule has 2 aromatic rings. The lowest BCUT2D eigenvalue weighted by Crippen LogP contribution is -1.96. The maximum Gasteiger partial charge on any atom is 0.269 e. The Labute approximate surface area is 108 Å². The highest BCUT2D eigenvalue weighted by Crippen LogP contribution is 2.30. The molecule has 2 rings (SSSR count). The Morgan fingerprint density at radius 3 is 2.37 bits per heavy atom. The van der Waals surface area contributed by atoms with Crippen molar-refractivity contribution in [3.05, 3.63) is 58.1 Å². The van der Waals surface area contributed by atoms with E-state index in [0.717, 1.165) is 5.56 Å². The number of nitrogens with zero attached hydrogens (tertiary/aromatic N) is 1. The summed E-state index contributed by atoms with van der Waals surface area (Å²) >= 11 is 0. The smallest absolute Gasteiger partial charge is 0.269 e. The molecule has 0 atom stereocenters. The van der Waals surface area contributed by atoms with Crippen LogP contribution in [0.15, 0.2) is 42.5 Å². The summed E-state index contributed by atoms with van der Waals surface area (Å²) in [7, 11) is 0. The summed E-state index contributed by atoms with van der Waals surface area (Å²) in [6, 6.07) is 9.93. The fraction of sp³-hybridized carbons (Fsp3) is 0.0769. The largest absolute Gasteiger partial charge is 0.508 e. The molecule has 0 bridgehead atoms. The minimum Gasteiger partial charge on any atom is -0.508 e. The Balaban J connectivity index is 2.04. The van der Waals surface area contributed by atoms with Crippen molar-refractivity contribution in [2.45, 2.75) is 6.61 Å². The maximum absolute atomic E-state index is 10.5. The van der Waals surface area contributed by atoms with E-state index in [1.54, 1.807) is 12.1 Å². The lowest BCUT2D eigenvalue weighted by atomic mass is 10.2. The van der Waals surface area contributed by atoms with E-state index in [1.807, 2.05) is 0 Å². The van der Waals surface area contributed by atoms with Gasteiger partial charge in [-0.05, 0) is 29.8 Å². The van der Waals surface area contributed by atoms with Crippen molar-refractivity contribution in [3.8, 4) is 17.2 Å². The van der Waals surface area contributed by atoms with Gasteiger partial charge in [0.2, 0.25) is 0 Å². The fourth-order valence-electron chi connectivity index (χ4n) is 1.50. The van der Waals surface area contributed by atoms with Gasteiger partial charge in [0, 0.05) is 18.2 Å². The van der Waals surface area contributed by atoms with E-state index in [1.165, 1.54) is 30.3 Å². The molecule has 0 aromatic heterocycles. The van der Waals surface area contributed by atoms with Gasteiger partial charge < -0.3 is 14.9 Å². The number of phenols is 2. The first-order valence-corrected chi connectivity index (χ1v) is 5.44. The van der Waals surface area contributed by atoms with Crippen LogP contribution in [0.2, 0.25) is 0 Å². The van der Waals surface area contributed by atoms with E-state index in [-0.39, 0.29) is 29.5 Å². The predicted octanol–water partition coefficient (Wildman–Crippen LogP) is 2.59. The molecule has 0 aliphatic carbocycles. The van der Waals surface area contributed by atoms with Gasteiger partial charge in [-0.3, -0.25) is 10.1 Å². The van der Waals surface area contributed by atoms with Gasteiger partial charge in [-0.25, -0.2) is 0 Å². The number of nitro benzene ring substituents is 1. The summed E-state index contributed by atoms with van der Waals surface area (Å²) in [5.41, 5.74) is 0.745. The van der Waals surface area contributed by atoms with E-state index in [9.17, 15) is 15.2 Å². The van der Waals surface area contributed by atoms with Crippen LogP contribution in [0.5, 0.6) is 17.2 Å². The minimum absolute atomic E-state index is 0.0104. The van der Waals surface area contributed by atoms with Crippen LogP contribution in [-0.4, -0.2) is 15.1 Å². The minimum atomic E-state index is -0.476. The molecule has 2 N–H and O–H groups in total. The van der Waals surface area contributed by atoms with E-state index >= 15 is 0 Å². The molecule has 0 saturated heterocycles. The molecule has 19 heavy (non-hydrogen) atoms. The fourth-order valence-corrected chi connectivity index (χ4v) is 1.50. The monoisotopic (exact) mass is 261 g/mol. The lowest BCUT2D eigenvalue weighted by molar-refractivity contribution is -0.384. The van der Waals surface area contributed by atoms with Crippen molar-refractivity contribution in [1.82, 2.24) is 0 Å². The molecule has 0 saturated carbocycles. The normalized spacial score (nSPS) is 10.1. The number of non-ortho nitro benzene ring substituents is 1. The molecule has 6 heteroatoms. The first-order chi connectivity index (χ1) is 9.06. The molecule has 0 heterocycles. The van der Waals surface area contributed by atoms with E-state index in [4.69, 9.17) is 9.84 Å². The van der Waals surface area contributed by atoms with Gasteiger partial charge in [0.1, 0.15) is 12.4 Å². The van der Waals surface area contributed by atoms with Crippen LogP contribution >= 0.6 is 0 Å². The van der Waals surface area contributed by atoms with Gasteiger partial charge >= 0.3 is 0 Å². The van der Waals surface area contributed by atoms with Crippen molar-refractivity contribution >= 4 is 5.69 Å². The molecule has 6 nitrogen and oxygen atoms in total. The standard InChI is InChI=1S/C13H11NO5/c15-11-5-6-13(12(16)7-11)19-8-9-1-3-10(4-2-9)14(17)18/h1-7,15-16H,8H2. The molecule has 0 spiro atoms. The van der Waals surface area contributed by atoms with Crippen LogP contribution in [0.4, 0.5) is 5.69 Å². The zero-order valence-electron chi connectivity index (χ0n) is 9.81. The third-order valence-corrected chi connectivity index (χ3v) is 2.48. The van der Waals surface area contributed by atoms with Crippen LogP contribution < -0.4 is 4.74 Å². The van der Waals surface area contributed by atoms with Gasteiger partial charge in [0.05, 0.1) is 4.92 Å². The highest BCUT2D eigenvalue weighted by molar-refractivity contribution is 5.44. The molecule has 0 radical (unpaired) electrons. The van der Waals surface area contributed by atoms with Gasteiger partial charge in [0.25, 0.3) is 5.69 Å². The molecular formula is C13H11NO5. The van der Waals surface area contributed by atoms with Crippen molar-refractivity contribution in [3.63, 3.8) is 0 Å². The van der Waals surface area contributed by atoms with Crippen LogP contribution in [0, 0.1) is 10.1 Å². The Kier molecular flexibility index (Phi) is 3.51. The van der Waals surface area contributed by atoms with Crippen LogP contribution in [0.3, 0.4) is 0 Å². The quantitative estimate of drug-likeness (QED) is 0.651. The van der Waals surface area contributed by atoms with Gasteiger partial charge in [-0.15, -0.1) is 0 Å². The molecule has 0 amide bonds. The number of benzene rings is 2. The summed E-state index contributed by atoms with van der Waals surface area (Å²) in [6.45, 7) is 0.163. The number of nitro groups is 1. The van der Waals surface area contributed by atoms with E-state index in [0.29, 0.717) is 0 Å². The Bertz CT molecular complexity index is 594. The lowest BCUT2D eigenvalue weighted by Gasteiger charge is -2.08. The van der Waals surface area contributed by atoms with E-state index < -0.39 is 4.92 Å². The average Bonchev–Trinajstić information content (AvgIpc) is 2.38. The van der Waals surface area contributed by atoms with E-state index in [2.05, 4.69) is 0 Å². The van der Waals surface area contributed by atoms with Crippen LogP contribution in [-0.2, 0) is 6.61 Å². The predicted molar refractivity (Wildman–Crippen MR) is 67.2 cm³/mol. The van der Waals surface area contributed by atoms with Crippen LogP contribution in [0.1, 0.15) is 5.56 Å². The van der Waals surface area contributed by atoms with Crippen LogP contribution in [0.25, 0.3) is 0 Å². The number of hydrogen-bond donors (Lipinski definition) is 2. The number of hydrogen-bond acceptors (Lipinski definition) is 5. The number of rotatable bonds is 4. The Morgan fingerprint density at radius 1 is 1.11 bits per heavy atom. The second-order valence-electron chi connectivity index (χ2n) is 3.86. The summed E-state index contributed by atoms with van der Waals surface area (Å²) in [5.74, 6) is 0.0123. The SMILES string of the molecule is O=[N+]([O-])c1ccc(COc2ccc(O)cc2O)cc1. The van der Waals surface area contributed by atoms with Crippen molar-refractivity contribution in [1.29, 1.82) is 0 Å². The summed E-state index contributed by atoms with van der Waals surface area (Å²) in [5, 5.41) is 29.1. The van der Waals surface area contributed by atoms with Crippen molar-refractivity contribution < 1.29 is 19.9 Å². The summed E-state index contributed by atoms with van der Waals surface area (Å²) in [6.07, 6.45) is 0. The highest BCUT2D eigenvalue weighted by atomic mass is 16.6. The topological polar surface area (TPSA) is 92.8 Å². The molecule has 98 valence electrons. The second-order valence-corrected chi connectivity index (χ2v) is 3.86. The molecule has 2 aromatic carbocycles. The zero-order valence-corrected chi connectivity index (χ0v) is 9.81. The number of phenolic OH excluding ortho intramolecular Hbond substituents is 2. The van der Waals surface area contributed by atoms with Crippen molar-refractivity contribution in [2.75, 3.05) is 0 Å². The number of aromatic hydroxyl groups is 2. The first kappa shape index (κ1) is 12.7.